The number of aromatic nitrogens is 3. The van der Waals surface area contributed by atoms with E-state index in [0.717, 1.165) is 66.3 Å². The van der Waals surface area contributed by atoms with Gasteiger partial charge in [-0.05, 0) is 43.3 Å². The van der Waals surface area contributed by atoms with Gasteiger partial charge in [-0.2, -0.15) is 0 Å². The van der Waals surface area contributed by atoms with Crippen molar-refractivity contribution in [3.05, 3.63) is 71.0 Å². The summed E-state index contributed by atoms with van der Waals surface area (Å²) in [6.07, 6.45) is 0. The highest BCUT2D eigenvalue weighted by Crippen LogP contribution is 2.26. The molecule has 0 spiro atoms. The number of piperazine rings is 1. The fourth-order valence-corrected chi connectivity index (χ4v) is 4.84. The van der Waals surface area contributed by atoms with Crippen molar-refractivity contribution in [3.8, 4) is 5.69 Å². The lowest BCUT2D eigenvalue weighted by Gasteiger charge is -2.34. The van der Waals surface area contributed by atoms with E-state index in [1.807, 2.05) is 33.7 Å². The molecule has 1 aliphatic rings. The van der Waals surface area contributed by atoms with Crippen LogP contribution in [0.15, 0.2) is 53.7 Å². The first-order valence-corrected chi connectivity index (χ1v) is 12.3. The Balaban J connectivity index is 1.42. The molecule has 0 N–H and O–H groups in total. The summed E-state index contributed by atoms with van der Waals surface area (Å²) in [6.45, 7) is 9.15. The lowest BCUT2D eigenvalue weighted by atomic mass is 10.1. The van der Waals surface area contributed by atoms with Gasteiger partial charge in [0.05, 0.1) is 0 Å². The highest BCUT2D eigenvalue weighted by molar-refractivity contribution is 7.98. The van der Waals surface area contributed by atoms with E-state index >= 15 is 0 Å². The Hall–Kier alpha value is -2.68. The number of hydrogen-bond donors (Lipinski definition) is 0. The molecule has 3 aromatic rings. The first-order chi connectivity index (χ1) is 16.1. The van der Waals surface area contributed by atoms with Crippen LogP contribution in [0.3, 0.4) is 0 Å². The molecule has 0 bridgehead atoms. The monoisotopic (exact) mass is 465 g/mol. The second-order valence-electron chi connectivity index (χ2n) is 8.21. The number of likely N-dealkylation sites (N-methyl/N-ethyl adjacent to an activating group) is 1. The largest absolute Gasteiger partial charge is 0.377 e. The van der Waals surface area contributed by atoms with Gasteiger partial charge in [0.2, 0.25) is 0 Å². The van der Waals surface area contributed by atoms with Crippen molar-refractivity contribution in [1.82, 2.24) is 24.6 Å². The van der Waals surface area contributed by atoms with Crippen LogP contribution in [0.1, 0.15) is 34.2 Å². The molecule has 2 heterocycles. The van der Waals surface area contributed by atoms with Crippen LogP contribution >= 0.6 is 11.8 Å². The lowest BCUT2D eigenvalue weighted by molar-refractivity contribution is 0.0643. The molecule has 174 valence electrons. The van der Waals surface area contributed by atoms with Crippen LogP contribution in [0.4, 0.5) is 0 Å². The maximum Gasteiger partial charge on any atom is 0.253 e. The standard InChI is InChI=1S/C25H31N5O2S/c1-4-28-13-15-29(16-14-28)24(31)21-9-7-20(8-10-21)18-33-25-27-26-23(17-32-3)30(25)22-11-5-19(2)6-12-22/h5-12H,4,13-18H2,1-3H3. The zero-order valence-corrected chi connectivity index (χ0v) is 20.3. The maximum absolute atomic E-state index is 12.8. The third-order valence-electron chi connectivity index (χ3n) is 5.94. The molecule has 1 aliphatic heterocycles. The Morgan fingerprint density at radius 1 is 1.00 bits per heavy atom. The van der Waals surface area contributed by atoms with Crippen molar-refractivity contribution in [2.75, 3.05) is 39.8 Å². The minimum atomic E-state index is 0.119. The van der Waals surface area contributed by atoms with Crippen molar-refractivity contribution in [2.45, 2.75) is 31.4 Å². The van der Waals surface area contributed by atoms with E-state index in [1.54, 1.807) is 18.9 Å². The van der Waals surface area contributed by atoms with E-state index in [-0.39, 0.29) is 5.91 Å². The number of nitrogens with zero attached hydrogens (tertiary/aromatic N) is 5. The molecular formula is C25H31N5O2S. The van der Waals surface area contributed by atoms with Crippen molar-refractivity contribution in [3.63, 3.8) is 0 Å². The van der Waals surface area contributed by atoms with E-state index in [2.05, 4.69) is 53.2 Å². The summed E-state index contributed by atoms with van der Waals surface area (Å²) in [5.41, 5.74) is 4.11. The quantitative estimate of drug-likeness (QED) is 0.472. The van der Waals surface area contributed by atoms with Gasteiger partial charge in [-0.15, -0.1) is 10.2 Å². The summed E-state index contributed by atoms with van der Waals surface area (Å²) < 4.78 is 7.36. The van der Waals surface area contributed by atoms with Gasteiger partial charge < -0.3 is 14.5 Å². The molecule has 0 saturated carbocycles. The van der Waals surface area contributed by atoms with Gasteiger partial charge in [0.25, 0.3) is 5.91 Å². The third-order valence-corrected chi connectivity index (χ3v) is 6.94. The lowest BCUT2D eigenvalue weighted by Crippen LogP contribution is -2.48. The number of hydrogen-bond acceptors (Lipinski definition) is 6. The number of ether oxygens (including phenoxy) is 1. The van der Waals surface area contributed by atoms with Crippen molar-refractivity contribution < 1.29 is 9.53 Å². The molecule has 4 rings (SSSR count). The highest BCUT2D eigenvalue weighted by Gasteiger charge is 2.21. The van der Waals surface area contributed by atoms with E-state index in [4.69, 9.17) is 4.74 Å². The number of rotatable bonds is 8. The van der Waals surface area contributed by atoms with Crippen LogP contribution in [0.25, 0.3) is 5.69 Å². The summed E-state index contributed by atoms with van der Waals surface area (Å²) in [6, 6.07) is 16.2. The molecule has 1 aromatic heterocycles. The van der Waals surface area contributed by atoms with Gasteiger partial charge in [0.1, 0.15) is 6.61 Å². The van der Waals surface area contributed by atoms with E-state index in [0.29, 0.717) is 6.61 Å². The summed E-state index contributed by atoms with van der Waals surface area (Å²) in [7, 11) is 1.66. The third kappa shape index (κ3) is 5.63. The highest BCUT2D eigenvalue weighted by atomic mass is 32.2. The summed E-state index contributed by atoms with van der Waals surface area (Å²) in [4.78, 5) is 17.2. The van der Waals surface area contributed by atoms with Crippen molar-refractivity contribution in [1.29, 1.82) is 0 Å². The SMILES string of the molecule is CCN1CCN(C(=O)c2ccc(CSc3nnc(COC)n3-c3ccc(C)cc3)cc2)CC1. The van der Waals surface area contributed by atoms with E-state index in [9.17, 15) is 4.79 Å². The van der Waals surface area contributed by atoms with Crippen LogP contribution in [-0.2, 0) is 17.1 Å². The average molecular weight is 466 g/mol. The minimum absolute atomic E-state index is 0.119. The Labute approximate surface area is 199 Å². The normalized spacial score (nSPS) is 14.6. The molecular weight excluding hydrogens is 434 g/mol. The van der Waals surface area contributed by atoms with Crippen LogP contribution in [0.5, 0.6) is 0 Å². The Bertz CT molecular complexity index is 1060. The molecule has 0 unspecified atom stereocenters. The van der Waals surface area contributed by atoms with Crippen LogP contribution in [0.2, 0.25) is 0 Å². The van der Waals surface area contributed by atoms with Gasteiger partial charge >= 0.3 is 0 Å². The van der Waals surface area contributed by atoms with E-state index < -0.39 is 0 Å². The maximum atomic E-state index is 12.8. The average Bonchev–Trinajstić information content (AvgIpc) is 3.26. The van der Waals surface area contributed by atoms with Gasteiger partial charge in [0.15, 0.2) is 11.0 Å². The molecule has 1 amide bonds. The van der Waals surface area contributed by atoms with Gasteiger partial charge in [-0.1, -0.05) is 48.5 Å². The summed E-state index contributed by atoms with van der Waals surface area (Å²) >= 11 is 1.62. The van der Waals surface area contributed by atoms with Gasteiger partial charge in [-0.25, -0.2) is 0 Å². The number of methoxy groups -OCH3 is 1. The molecule has 1 saturated heterocycles. The smallest absolute Gasteiger partial charge is 0.253 e. The topological polar surface area (TPSA) is 63.5 Å². The van der Waals surface area contributed by atoms with Crippen LogP contribution in [-0.4, -0.2) is 70.3 Å². The van der Waals surface area contributed by atoms with Crippen LogP contribution in [0, 0.1) is 6.92 Å². The Morgan fingerprint density at radius 2 is 1.70 bits per heavy atom. The minimum Gasteiger partial charge on any atom is -0.377 e. The predicted octanol–water partition coefficient (Wildman–Crippen LogP) is 3.79. The first-order valence-electron chi connectivity index (χ1n) is 11.3. The molecule has 0 atom stereocenters. The molecule has 2 aromatic carbocycles. The molecule has 1 fully saturated rings. The fraction of sp³-hybridized carbons (Fsp3) is 0.400. The van der Waals surface area contributed by atoms with Crippen molar-refractivity contribution in [2.24, 2.45) is 0 Å². The predicted molar refractivity (Wildman–Crippen MR) is 131 cm³/mol. The van der Waals surface area contributed by atoms with Gasteiger partial charge in [-0.3, -0.25) is 9.36 Å². The number of amides is 1. The molecule has 7 nitrogen and oxygen atoms in total. The number of benzene rings is 2. The number of thioether (sulfide) groups is 1. The Morgan fingerprint density at radius 3 is 2.33 bits per heavy atom. The first kappa shape index (κ1) is 23.5. The fourth-order valence-electron chi connectivity index (χ4n) is 3.91. The molecule has 33 heavy (non-hydrogen) atoms. The summed E-state index contributed by atoms with van der Waals surface area (Å²) in [5, 5.41) is 9.55. The van der Waals surface area contributed by atoms with E-state index in [1.165, 1.54) is 5.56 Å². The van der Waals surface area contributed by atoms with Gasteiger partial charge in [0, 0.05) is 50.3 Å². The van der Waals surface area contributed by atoms with Crippen LogP contribution < -0.4 is 0 Å². The zero-order valence-electron chi connectivity index (χ0n) is 19.5. The number of carbonyl (C=O) groups is 1. The summed E-state index contributed by atoms with van der Waals surface area (Å²) in [5.74, 6) is 1.63. The molecule has 0 radical (unpaired) electrons. The number of carbonyl (C=O) groups excluding carboxylic acids is 1. The second-order valence-corrected chi connectivity index (χ2v) is 9.16. The second kappa shape index (κ2) is 11.0. The van der Waals surface area contributed by atoms with Crippen molar-refractivity contribution >= 4 is 17.7 Å². The molecule has 0 aliphatic carbocycles. The Kier molecular flexibility index (Phi) is 7.80. The zero-order chi connectivity index (χ0) is 23.2. The molecule has 8 heteroatoms. The number of aryl methyl sites for hydroxylation is 1.